The highest BCUT2D eigenvalue weighted by molar-refractivity contribution is 5.54. The third-order valence-corrected chi connectivity index (χ3v) is 2.43. The minimum Gasteiger partial charge on any atom is -0.491 e. The van der Waals surface area contributed by atoms with Gasteiger partial charge in [-0.1, -0.05) is 13.0 Å². The number of rotatable bonds is 7. The quantitative estimate of drug-likeness (QED) is 0.549. The number of nitrogen functional groups attached to an aromatic ring is 1. The fourth-order valence-electron chi connectivity index (χ4n) is 1.57. The molecule has 0 saturated heterocycles. The van der Waals surface area contributed by atoms with Gasteiger partial charge in [-0.3, -0.25) is 0 Å². The van der Waals surface area contributed by atoms with Crippen molar-refractivity contribution in [2.45, 2.75) is 26.2 Å². The van der Waals surface area contributed by atoms with Gasteiger partial charge in [-0.2, -0.15) is 0 Å². The van der Waals surface area contributed by atoms with Gasteiger partial charge in [0.15, 0.2) is 0 Å². The van der Waals surface area contributed by atoms with Gasteiger partial charge in [-0.05, 0) is 50.6 Å². The van der Waals surface area contributed by atoms with Gasteiger partial charge in [-0.25, -0.2) is 0 Å². The molecule has 90 valence electrons. The number of benzene rings is 1. The zero-order chi connectivity index (χ0) is 11.8. The third-order valence-electron chi connectivity index (χ3n) is 2.43. The van der Waals surface area contributed by atoms with Gasteiger partial charge in [0.05, 0.1) is 12.3 Å². The summed E-state index contributed by atoms with van der Waals surface area (Å²) in [6, 6.07) is 6.08. The predicted molar refractivity (Wildman–Crippen MR) is 68.9 cm³/mol. The van der Waals surface area contributed by atoms with Gasteiger partial charge >= 0.3 is 0 Å². The molecule has 0 atom stereocenters. The monoisotopic (exact) mass is 222 g/mol. The molecule has 1 rings (SSSR count). The normalized spacial score (nSPS) is 10.4. The van der Waals surface area contributed by atoms with Crippen LogP contribution in [0.4, 0.5) is 5.69 Å². The van der Waals surface area contributed by atoms with Crippen LogP contribution >= 0.6 is 0 Å². The van der Waals surface area contributed by atoms with Crippen molar-refractivity contribution in [1.82, 2.24) is 5.32 Å². The van der Waals surface area contributed by atoms with Crippen LogP contribution in [0.3, 0.4) is 0 Å². The van der Waals surface area contributed by atoms with Crippen LogP contribution in [0.1, 0.15) is 25.3 Å². The van der Waals surface area contributed by atoms with Crippen molar-refractivity contribution in [3.8, 4) is 5.75 Å². The summed E-state index contributed by atoms with van der Waals surface area (Å²) in [4.78, 5) is 0. The van der Waals surface area contributed by atoms with Crippen molar-refractivity contribution in [3.05, 3.63) is 23.8 Å². The molecule has 0 aliphatic heterocycles. The van der Waals surface area contributed by atoms with Gasteiger partial charge in [0, 0.05) is 0 Å². The maximum absolute atomic E-state index is 5.93. The lowest BCUT2D eigenvalue weighted by molar-refractivity contribution is 0.319. The number of aryl methyl sites for hydroxylation is 1. The molecule has 0 heterocycles. The summed E-state index contributed by atoms with van der Waals surface area (Å²) >= 11 is 0. The lowest BCUT2D eigenvalue weighted by Gasteiger charge is -2.09. The zero-order valence-corrected chi connectivity index (χ0v) is 10.3. The Hall–Kier alpha value is -1.22. The van der Waals surface area contributed by atoms with Crippen LogP contribution in [-0.4, -0.2) is 20.2 Å². The molecule has 0 bridgehead atoms. The van der Waals surface area contributed by atoms with Gasteiger partial charge in [0.2, 0.25) is 0 Å². The van der Waals surface area contributed by atoms with Crippen LogP contribution in [0.2, 0.25) is 0 Å². The van der Waals surface area contributed by atoms with E-state index >= 15 is 0 Å². The second-order valence-corrected chi connectivity index (χ2v) is 3.93. The molecule has 0 fully saturated rings. The van der Waals surface area contributed by atoms with Crippen LogP contribution in [0.15, 0.2) is 18.2 Å². The Bertz CT molecular complexity index is 313. The van der Waals surface area contributed by atoms with Gasteiger partial charge in [0.1, 0.15) is 5.75 Å². The molecular formula is C13H22N2O. The molecule has 0 saturated carbocycles. The molecule has 1 aromatic carbocycles. The maximum atomic E-state index is 5.93. The van der Waals surface area contributed by atoms with E-state index in [1.807, 2.05) is 19.2 Å². The summed E-state index contributed by atoms with van der Waals surface area (Å²) in [7, 11) is 1.97. The summed E-state index contributed by atoms with van der Waals surface area (Å²) in [5.41, 5.74) is 7.95. The first-order chi connectivity index (χ1) is 7.77. The molecule has 0 aliphatic rings. The molecule has 0 aromatic heterocycles. The van der Waals surface area contributed by atoms with Crippen LogP contribution in [-0.2, 0) is 6.42 Å². The predicted octanol–water partition coefficient (Wildman–Crippen LogP) is 2.21. The van der Waals surface area contributed by atoms with Gasteiger partial charge in [-0.15, -0.1) is 0 Å². The molecule has 1 aromatic rings. The van der Waals surface area contributed by atoms with Gasteiger partial charge < -0.3 is 15.8 Å². The summed E-state index contributed by atoms with van der Waals surface area (Å²) in [5, 5.41) is 3.14. The first-order valence-corrected chi connectivity index (χ1v) is 5.93. The van der Waals surface area contributed by atoms with Crippen LogP contribution < -0.4 is 15.8 Å². The Morgan fingerprint density at radius 1 is 1.38 bits per heavy atom. The van der Waals surface area contributed by atoms with E-state index in [-0.39, 0.29) is 0 Å². The zero-order valence-electron chi connectivity index (χ0n) is 10.3. The Kier molecular flexibility index (Phi) is 5.72. The van der Waals surface area contributed by atoms with E-state index in [9.17, 15) is 0 Å². The highest BCUT2D eigenvalue weighted by Gasteiger charge is 2.01. The van der Waals surface area contributed by atoms with E-state index in [2.05, 4.69) is 18.3 Å². The summed E-state index contributed by atoms with van der Waals surface area (Å²) < 4.78 is 5.53. The van der Waals surface area contributed by atoms with E-state index in [0.29, 0.717) is 0 Å². The van der Waals surface area contributed by atoms with Crippen LogP contribution in [0.25, 0.3) is 0 Å². The summed E-state index contributed by atoms with van der Waals surface area (Å²) in [6.45, 7) is 3.85. The summed E-state index contributed by atoms with van der Waals surface area (Å²) in [6.07, 6.45) is 3.19. The minimum atomic E-state index is 0.725. The number of nitrogens with one attached hydrogen (secondary N) is 1. The Balaban J connectivity index is 2.53. The lowest BCUT2D eigenvalue weighted by atomic mass is 10.1. The molecule has 0 radical (unpaired) electrons. The van der Waals surface area contributed by atoms with E-state index in [0.717, 1.165) is 43.9 Å². The minimum absolute atomic E-state index is 0.725. The topological polar surface area (TPSA) is 47.3 Å². The third kappa shape index (κ3) is 4.11. The second-order valence-electron chi connectivity index (χ2n) is 3.93. The molecular weight excluding hydrogens is 200 g/mol. The van der Waals surface area contributed by atoms with Gasteiger partial charge in [0.25, 0.3) is 0 Å². The van der Waals surface area contributed by atoms with Crippen LogP contribution in [0, 0.1) is 0 Å². The molecule has 16 heavy (non-hydrogen) atoms. The van der Waals surface area contributed by atoms with Crippen molar-refractivity contribution in [3.63, 3.8) is 0 Å². The van der Waals surface area contributed by atoms with E-state index in [1.54, 1.807) is 0 Å². The Morgan fingerprint density at radius 3 is 2.81 bits per heavy atom. The molecule has 0 aliphatic carbocycles. The highest BCUT2D eigenvalue weighted by atomic mass is 16.5. The number of nitrogens with two attached hydrogens (primary N) is 1. The molecule has 0 unspecified atom stereocenters. The van der Waals surface area contributed by atoms with Crippen LogP contribution in [0.5, 0.6) is 5.75 Å². The van der Waals surface area contributed by atoms with Crippen molar-refractivity contribution >= 4 is 5.69 Å². The average molecular weight is 222 g/mol. The number of ether oxygens (including phenoxy) is 1. The second kappa shape index (κ2) is 7.12. The van der Waals surface area contributed by atoms with Crippen molar-refractivity contribution in [2.24, 2.45) is 0 Å². The largest absolute Gasteiger partial charge is 0.491 e. The highest BCUT2D eigenvalue weighted by Crippen LogP contribution is 2.23. The fourth-order valence-corrected chi connectivity index (χ4v) is 1.57. The first kappa shape index (κ1) is 12.8. The van der Waals surface area contributed by atoms with E-state index < -0.39 is 0 Å². The number of anilines is 1. The fraction of sp³-hybridized carbons (Fsp3) is 0.538. The molecule has 0 spiro atoms. The van der Waals surface area contributed by atoms with E-state index in [1.165, 1.54) is 5.56 Å². The Labute approximate surface area is 98.0 Å². The summed E-state index contributed by atoms with van der Waals surface area (Å²) in [5.74, 6) is 0.805. The van der Waals surface area contributed by atoms with Crippen molar-refractivity contribution in [2.75, 3.05) is 25.9 Å². The van der Waals surface area contributed by atoms with Crippen molar-refractivity contribution < 1.29 is 4.74 Å². The Morgan fingerprint density at radius 2 is 2.19 bits per heavy atom. The average Bonchev–Trinajstić information content (AvgIpc) is 2.28. The molecule has 3 N–H and O–H groups in total. The van der Waals surface area contributed by atoms with Crippen molar-refractivity contribution in [1.29, 1.82) is 0 Å². The lowest BCUT2D eigenvalue weighted by Crippen LogP contribution is -2.08. The molecule has 3 nitrogen and oxygen atoms in total. The molecule has 0 amide bonds. The number of hydrogen-bond acceptors (Lipinski definition) is 3. The van der Waals surface area contributed by atoms with E-state index in [4.69, 9.17) is 10.5 Å². The SMILES string of the molecule is CCCOc1ccc(CCCNC)cc1N. The molecule has 3 heteroatoms. The maximum Gasteiger partial charge on any atom is 0.142 e. The standard InChI is InChI=1S/C13H22N2O/c1-3-9-16-13-7-6-11(10-12(13)14)5-4-8-15-2/h6-7,10,15H,3-5,8-9,14H2,1-2H3. The first-order valence-electron chi connectivity index (χ1n) is 5.93. The number of hydrogen-bond donors (Lipinski definition) is 2. The smallest absolute Gasteiger partial charge is 0.142 e.